The van der Waals surface area contributed by atoms with E-state index in [-0.39, 0.29) is 30.6 Å². The average Bonchev–Trinajstić information content (AvgIpc) is 3.23. The molecule has 188 valence electrons. The summed E-state index contributed by atoms with van der Waals surface area (Å²) in [5.41, 5.74) is 0.548. The lowest BCUT2D eigenvalue weighted by Gasteiger charge is -2.56. The van der Waals surface area contributed by atoms with Crippen LogP contribution in [-0.4, -0.2) is 58.9 Å². The van der Waals surface area contributed by atoms with Gasteiger partial charge in [0.1, 0.15) is 6.04 Å². The second-order valence-electron chi connectivity index (χ2n) is 11.1. The number of amides is 2. The third-order valence-corrected chi connectivity index (χ3v) is 8.46. The molecule has 2 N–H and O–H groups in total. The summed E-state index contributed by atoms with van der Waals surface area (Å²) in [6.07, 6.45) is 6.04. The van der Waals surface area contributed by atoms with Gasteiger partial charge >= 0.3 is 5.97 Å². The van der Waals surface area contributed by atoms with Crippen LogP contribution in [0.4, 0.5) is 5.69 Å². The Labute approximate surface area is 205 Å². The van der Waals surface area contributed by atoms with Gasteiger partial charge in [-0.2, -0.15) is 0 Å². The highest BCUT2D eigenvalue weighted by molar-refractivity contribution is 5.99. The summed E-state index contributed by atoms with van der Waals surface area (Å²) < 4.78 is 5.34. The number of nitrogens with zero attached hydrogens (tertiary/aromatic N) is 1. The summed E-state index contributed by atoms with van der Waals surface area (Å²) in [6.45, 7) is 1.45. The Bertz CT molecular complexity index is 984. The number of aliphatic hydroxyl groups is 1. The van der Waals surface area contributed by atoms with E-state index >= 15 is 0 Å². The van der Waals surface area contributed by atoms with Gasteiger partial charge in [0.15, 0.2) is 12.4 Å². The number of carbonyl (C=O) groups excluding carboxylic acids is 4. The maximum atomic E-state index is 13.8. The molecule has 6 rings (SSSR count). The number of ketones is 1. The van der Waals surface area contributed by atoms with Crippen molar-refractivity contribution in [3.05, 3.63) is 29.8 Å². The van der Waals surface area contributed by atoms with Crippen LogP contribution in [0.3, 0.4) is 0 Å². The molecule has 4 aliphatic carbocycles. The summed E-state index contributed by atoms with van der Waals surface area (Å²) in [5, 5.41) is 13.0. The van der Waals surface area contributed by atoms with Crippen molar-refractivity contribution in [2.24, 2.45) is 23.2 Å². The van der Waals surface area contributed by atoms with Gasteiger partial charge in [0.25, 0.3) is 0 Å². The maximum Gasteiger partial charge on any atom is 0.329 e. The van der Waals surface area contributed by atoms with Gasteiger partial charge in [0.2, 0.25) is 11.8 Å². The minimum absolute atomic E-state index is 0.00820. The first-order chi connectivity index (χ1) is 16.8. The van der Waals surface area contributed by atoms with E-state index in [9.17, 15) is 24.3 Å². The summed E-state index contributed by atoms with van der Waals surface area (Å²) in [4.78, 5) is 52.3. The van der Waals surface area contributed by atoms with E-state index in [1.165, 1.54) is 24.2 Å². The van der Waals surface area contributed by atoms with Crippen LogP contribution in [0.5, 0.6) is 0 Å². The highest BCUT2D eigenvalue weighted by atomic mass is 16.5. The van der Waals surface area contributed by atoms with Gasteiger partial charge in [-0.05, 0) is 80.5 Å². The van der Waals surface area contributed by atoms with Gasteiger partial charge in [-0.15, -0.1) is 0 Å². The quantitative estimate of drug-likeness (QED) is 0.456. The molecule has 5 fully saturated rings. The lowest BCUT2D eigenvalue weighted by molar-refractivity contribution is -0.165. The lowest BCUT2D eigenvalue weighted by Crippen LogP contribution is -2.56. The van der Waals surface area contributed by atoms with Crippen molar-refractivity contribution in [2.75, 3.05) is 18.5 Å². The number of β-amino-alcohol motifs (C(OH)–C–C–N with tert-alkyl or cyclic N) is 1. The van der Waals surface area contributed by atoms with Gasteiger partial charge in [-0.3, -0.25) is 14.4 Å². The van der Waals surface area contributed by atoms with Crippen molar-refractivity contribution in [1.29, 1.82) is 0 Å². The molecule has 0 aromatic heterocycles. The first kappa shape index (κ1) is 24.0. The number of ether oxygens (including phenoxy) is 1. The Hall–Kier alpha value is -2.74. The maximum absolute atomic E-state index is 13.8. The van der Waals surface area contributed by atoms with Crippen molar-refractivity contribution in [2.45, 2.75) is 70.4 Å². The molecule has 1 aliphatic heterocycles. The van der Waals surface area contributed by atoms with Crippen LogP contribution >= 0.6 is 0 Å². The molecule has 4 saturated carbocycles. The first-order valence-electron chi connectivity index (χ1n) is 12.8. The molecule has 1 aromatic rings. The van der Waals surface area contributed by atoms with Crippen LogP contribution in [0.1, 0.15) is 68.6 Å². The number of esters is 1. The normalized spacial score (nSPS) is 33.0. The van der Waals surface area contributed by atoms with E-state index in [1.54, 1.807) is 31.2 Å². The molecule has 8 heteroatoms. The van der Waals surface area contributed by atoms with Gasteiger partial charge in [0, 0.05) is 30.6 Å². The second-order valence-corrected chi connectivity index (χ2v) is 11.1. The molecular weight excluding hydrogens is 448 g/mol. The summed E-state index contributed by atoms with van der Waals surface area (Å²) in [6, 6.07) is 5.54. The smallest absolute Gasteiger partial charge is 0.329 e. The second kappa shape index (κ2) is 9.37. The molecule has 5 aliphatic rings. The Balaban J connectivity index is 1.21. The molecule has 0 radical (unpaired) electrons. The highest BCUT2D eigenvalue weighted by Gasteiger charge is 2.57. The average molecular weight is 483 g/mol. The Morgan fingerprint density at radius 3 is 2.17 bits per heavy atom. The number of benzene rings is 1. The van der Waals surface area contributed by atoms with Crippen LogP contribution in [0.2, 0.25) is 0 Å². The minimum Gasteiger partial charge on any atom is -0.456 e. The van der Waals surface area contributed by atoms with Crippen LogP contribution in [0.15, 0.2) is 24.3 Å². The molecule has 1 heterocycles. The molecule has 2 atom stereocenters. The van der Waals surface area contributed by atoms with E-state index in [0.717, 1.165) is 19.3 Å². The third-order valence-electron chi connectivity index (χ3n) is 8.46. The molecule has 0 spiro atoms. The van der Waals surface area contributed by atoms with Crippen molar-refractivity contribution in [3.63, 3.8) is 0 Å². The van der Waals surface area contributed by atoms with E-state index in [0.29, 0.717) is 35.4 Å². The van der Waals surface area contributed by atoms with E-state index < -0.39 is 30.1 Å². The zero-order valence-corrected chi connectivity index (χ0v) is 20.2. The van der Waals surface area contributed by atoms with Crippen LogP contribution in [-0.2, 0) is 19.1 Å². The number of nitrogens with one attached hydrogen (secondary N) is 1. The molecule has 1 aromatic carbocycles. The van der Waals surface area contributed by atoms with Crippen molar-refractivity contribution < 1.29 is 29.0 Å². The predicted molar refractivity (Wildman–Crippen MR) is 127 cm³/mol. The van der Waals surface area contributed by atoms with Gasteiger partial charge in [-0.1, -0.05) is 6.92 Å². The first-order valence-corrected chi connectivity index (χ1v) is 12.8. The molecule has 4 bridgehead atoms. The predicted octanol–water partition coefficient (Wildman–Crippen LogP) is 2.94. The Morgan fingerprint density at radius 2 is 1.60 bits per heavy atom. The molecule has 1 saturated heterocycles. The third kappa shape index (κ3) is 4.73. The van der Waals surface area contributed by atoms with E-state index in [4.69, 9.17) is 4.74 Å². The van der Waals surface area contributed by atoms with Crippen LogP contribution in [0.25, 0.3) is 0 Å². The number of anilines is 1. The monoisotopic (exact) mass is 482 g/mol. The lowest BCUT2D eigenvalue weighted by atomic mass is 9.49. The summed E-state index contributed by atoms with van der Waals surface area (Å²) in [7, 11) is 0. The standard InChI is InChI=1S/C27H34N2O6/c1-2-24(32)28-20-5-3-19(4-6-20)23(31)15-35-25(33)22-10-21(30)14-29(22)26(34)27-11-16-7-17(12-27)9-18(8-16)13-27/h3-6,16-18,21-22,30H,2,7-15H2,1H3,(H,28,32)/t16?,17?,18?,21?,22-,27?/m0/s1. The molecule has 2 amide bonds. The number of likely N-dealkylation sites (tertiary alicyclic amines) is 1. The number of rotatable bonds is 7. The summed E-state index contributed by atoms with van der Waals surface area (Å²) in [5.74, 6) is 0.659. The fraction of sp³-hybridized carbons (Fsp3) is 0.630. The van der Waals surface area contributed by atoms with E-state index in [2.05, 4.69) is 5.32 Å². The van der Waals surface area contributed by atoms with E-state index in [1.807, 2.05) is 0 Å². The Morgan fingerprint density at radius 1 is 1.00 bits per heavy atom. The molecule has 35 heavy (non-hydrogen) atoms. The summed E-state index contributed by atoms with van der Waals surface area (Å²) >= 11 is 0. The fourth-order valence-electron chi connectivity index (χ4n) is 7.24. The zero-order chi connectivity index (χ0) is 24.7. The number of aliphatic hydroxyl groups excluding tert-OH is 1. The number of carbonyl (C=O) groups is 4. The number of hydrogen-bond donors (Lipinski definition) is 2. The minimum atomic E-state index is -0.857. The fourth-order valence-corrected chi connectivity index (χ4v) is 7.24. The molecular formula is C27H34N2O6. The van der Waals surface area contributed by atoms with Crippen molar-refractivity contribution >= 4 is 29.3 Å². The molecule has 8 nitrogen and oxygen atoms in total. The Kier molecular flexibility index (Phi) is 6.42. The van der Waals surface area contributed by atoms with Gasteiger partial charge in [-0.25, -0.2) is 4.79 Å². The number of hydrogen-bond acceptors (Lipinski definition) is 6. The largest absolute Gasteiger partial charge is 0.456 e. The van der Waals surface area contributed by atoms with Crippen LogP contribution in [0, 0.1) is 23.2 Å². The zero-order valence-electron chi connectivity index (χ0n) is 20.2. The highest BCUT2D eigenvalue weighted by Crippen LogP contribution is 2.60. The molecule has 1 unspecified atom stereocenters. The van der Waals surface area contributed by atoms with Crippen molar-refractivity contribution in [1.82, 2.24) is 4.90 Å². The van der Waals surface area contributed by atoms with Crippen molar-refractivity contribution in [3.8, 4) is 0 Å². The van der Waals surface area contributed by atoms with Gasteiger partial charge in [0.05, 0.1) is 11.5 Å². The number of Topliss-reactive ketones (excluding diaryl/α,β-unsaturated/α-hetero) is 1. The van der Waals surface area contributed by atoms with Gasteiger partial charge < -0.3 is 20.1 Å². The van der Waals surface area contributed by atoms with Crippen LogP contribution < -0.4 is 5.32 Å². The topological polar surface area (TPSA) is 113 Å². The SMILES string of the molecule is CCC(=O)Nc1ccc(C(=O)COC(=O)[C@@H]2CC(O)CN2C(=O)C23CC4CC(CC(C4)C2)C3)cc1.